The van der Waals surface area contributed by atoms with Gasteiger partial charge in [-0.25, -0.2) is 14.4 Å². The van der Waals surface area contributed by atoms with Crippen LogP contribution in [-0.4, -0.2) is 27.6 Å². The second-order valence-electron chi connectivity index (χ2n) is 10.9. The Hall–Kier alpha value is -4.82. The Morgan fingerprint density at radius 2 is 1.77 bits per heavy atom. The summed E-state index contributed by atoms with van der Waals surface area (Å²) in [5.41, 5.74) is 6.62. The van der Waals surface area contributed by atoms with Gasteiger partial charge in [0, 0.05) is 27.2 Å². The first-order valence-electron chi connectivity index (χ1n) is 14.2. The zero-order valence-electron chi connectivity index (χ0n) is 24.7. The SMILES string of the molecule is COc1cccc(/C=C/c2cc(C(=O)Nc3cc(-c4nc5ccc(F)cc5n4C(C)C)ccc3C)c3cc(Br)ccc3n2)c1. The molecule has 4 aromatic carbocycles. The van der Waals surface area contributed by atoms with E-state index in [1.807, 2.05) is 98.2 Å². The summed E-state index contributed by atoms with van der Waals surface area (Å²) < 4.78 is 22.3. The number of methoxy groups -OCH3 is 1. The molecule has 0 aliphatic heterocycles. The van der Waals surface area contributed by atoms with Crippen LogP contribution in [0.25, 0.3) is 45.5 Å². The van der Waals surface area contributed by atoms with E-state index >= 15 is 0 Å². The van der Waals surface area contributed by atoms with Crippen LogP contribution in [0, 0.1) is 12.7 Å². The van der Waals surface area contributed by atoms with Crippen LogP contribution in [0.5, 0.6) is 5.75 Å². The summed E-state index contributed by atoms with van der Waals surface area (Å²) in [4.78, 5) is 23.6. The normalized spacial score (nSPS) is 11.6. The Morgan fingerprint density at radius 1 is 0.955 bits per heavy atom. The van der Waals surface area contributed by atoms with Gasteiger partial charge < -0.3 is 14.6 Å². The fraction of sp³-hybridized carbons (Fsp3) is 0.139. The Labute approximate surface area is 263 Å². The van der Waals surface area contributed by atoms with E-state index in [-0.39, 0.29) is 17.8 Å². The van der Waals surface area contributed by atoms with Gasteiger partial charge in [0.05, 0.1) is 34.9 Å². The number of amides is 1. The lowest BCUT2D eigenvalue weighted by Gasteiger charge is -2.15. The molecule has 0 fully saturated rings. The lowest BCUT2D eigenvalue weighted by Crippen LogP contribution is -2.14. The molecule has 220 valence electrons. The first-order valence-corrected chi connectivity index (χ1v) is 15.0. The third-order valence-corrected chi connectivity index (χ3v) is 7.98. The molecule has 0 aliphatic carbocycles. The third-order valence-electron chi connectivity index (χ3n) is 7.49. The predicted molar refractivity (Wildman–Crippen MR) is 180 cm³/mol. The fourth-order valence-corrected chi connectivity index (χ4v) is 5.66. The van der Waals surface area contributed by atoms with Gasteiger partial charge in [-0.2, -0.15) is 0 Å². The van der Waals surface area contributed by atoms with Crippen molar-refractivity contribution in [3.05, 3.63) is 118 Å². The summed E-state index contributed by atoms with van der Waals surface area (Å²) in [5, 5.41) is 3.87. The van der Waals surface area contributed by atoms with Crippen LogP contribution in [0.3, 0.4) is 0 Å². The second-order valence-corrected chi connectivity index (χ2v) is 11.8. The molecule has 0 unspecified atom stereocenters. The summed E-state index contributed by atoms with van der Waals surface area (Å²) in [5.74, 6) is 0.902. The molecule has 2 aromatic heterocycles. The molecule has 44 heavy (non-hydrogen) atoms. The van der Waals surface area contributed by atoms with Gasteiger partial charge in [0.2, 0.25) is 0 Å². The van der Waals surface area contributed by atoms with Gasteiger partial charge in [-0.1, -0.05) is 46.3 Å². The van der Waals surface area contributed by atoms with Crippen molar-refractivity contribution < 1.29 is 13.9 Å². The summed E-state index contributed by atoms with van der Waals surface area (Å²) in [7, 11) is 1.63. The lowest BCUT2D eigenvalue weighted by molar-refractivity contribution is 0.102. The van der Waals surface area contributed by atoms with Crippen molar-refractivity contribution in [2.75, 3.05) is 12.4 Å². The Balaban J connectivity index is 1.38. The number of ether oxygens (including phenoxy) is 1. The number of pyridine rings is 1. The number of benzene rings is 4. The molecular weight excluding hydrogens is 619 g/mol. The van der Waals surface area contributed by atoms with E-state index in [1.54, 1.807) is 19.2 Å². The molecule has 0 saturated carbocycles. The number of fused-ring (bicyclic) bond motifs is 2. The van der Waals surface area contributed by atoms with Gasteiger partial charge in [0.25, 0.3) is 5.91 Å². The van der Waals surface area contributed by atoms with Crippen LogP contribution in [0.15, 0.2) is 89.4 Å². The number of hydrogen-bond donors (Lipinski definition) is 1. The zero-order chi connectivity index (χ0) is 31.0. The zero-order valence-corrected chi connectivity index (χ0v) is 26.3. The minimum Gasteiger partial charge on any atom is -0.497 e. The molecule has 1 amide bonds. The number of anilines is 1. The van der Waals surface area contributed by atoms with Crippen LogP contribution < -0.4 is 10.1 Å². The maximum absolute atomic E-state index is 14.1. The topological polar surface area (TPSA) is 69.0 Å². The molecule has 8 heteroatoms. The highest BCUT2D eigenvalue weighted by Gasteiger charge is 2.19. The van der Waals surface area contributed by atoms with Gasteiger partial charge >= 0.3 is 0 Å². The standard InChI is InChI=1S/C36H30BrFN4O2/c1-21(2)42-34-19-26(38)12-15-32(34)40-35(42)24-10-8-22(3)33(17-24)41-36(43)30-20-27(39-31-14-11-25(37)18-29(30)31)13-9-23-6-5-7-28(16-23)44-4/h5-21H,1-4H3,(H,41,43)/b13-9+. The number of nitrogens with one attached hydrogen (secondary N) is 1. The van der Waals surface area contributed by atoms with Gasteiger partial charge in [-0.15, -0.1) is 0 Å². The molecule has 2 heterocycles. The Morgan fingerprint density at radius 3 is 2.57 bits per heavy atom. The maximum Gasteiger partial charge on any atom is 0.256 e. The van der Waals surface area contributed by atoms with Crippen molar-refractivity contribution in [3.8, 4) is 17.1 Å². The molecule has 0 atom stereocenters. The number of nitrogens with zero attached hydrogens (tertiary/aromatic N) is 3. The number of imidazole rings is 1. The van der Waals surface area contributed by atoms with E-state index in [2.05, 4.69) is 21.2 Å². The Bertz CT molecular complexity index is 2080. The number of halogens is 2. The van der Waals surface area contributed by atoms with E-state index < -0.39 is 0 Å². The summed E-state index contributed by atoms with van der Waals surface area (Å²) in [6.45, 7) is 6.03. The van der Waals surface area contributed by atoms with Crippen molar-refractivity contribution in [1.29, 1.82) is 0 Å². The first-order chi connectivity index (χ1) is 21.2. The highest BCUT2D eigenvalue weighted by atomic mass is 79.9. The highest BCUT2D eigenvalue weighted by Crippen LogP contribution is 2.32. The second kappa shape index (κ2) is 12.1. The van der Waals surface area contributed by atoms with Crippen LogP contribution in [0.2, 0.25) is 0 Å². The summed E-state index contributed by atoms with van der Waals surface area (Å²) in [6.07, 6.45) is 3.83. The largest absolute Gasteiger partial charge is 0.497 e. The molecule has 0 saturated heterocycles. The van der Waals surface area contributed by atoms with Crippen molar-refractivity contribution in [3.63, 3.8) is 0 Å². The van der Waals surface area contributed by atoms with Crippen LogP contribution in [0.4, 0.5) is 10.1 Å². The molecule has 0 spiro atoms. The van der Waals surface area contributed by atoms with Gasteiger partial charge in [0.1, 0.15) is 17.4 Å². The fourth-order valence-electron chi connectivity index (χ4n) is 5.30. The number of hydrogen-bond acceptors (Lipinski definition) is 4. The van der Waals surface area contributed by atoms with Crippen molar-refractivity contribution in [2.24, 2.45) is 0 Å². The molecule has 0 bridgehead atoms. The minimum atomic E-state index is -0.309. The van der Waals surface area contributed by atoms with Gasteiger partial charge in [-0.05, 0) is 98.6 Å². The van der Waals surface area contributed by atoms with Crippen molar-refractivity contribution >= 4 is 61.6 Å². The van der Waals surface area contributed by atoms with E-state index in [4.69, 9.17) is 14.7 Å². The molecule has 0 aliphatic rings. The molecule has 0 radical (unpaired) electrons. The van der Waals surface area contributed by atoms with Crippen LogP contribution in [-0.2, 0) is 0 Å². The van der Waals surface area contributed by atoms with Gasteiger partial charge in [-0.3, -0.25) is 4.79 Å². The molecule has 6 aromatic rings. The number of carbonyl (C=O) groups excluding carboxylic acids is 1. The van der Waals surface area contributed by atoms with Crippen LogP contribution in [0.1, 0.15) is 47.1 Å². The van der Waals surface area contributed by atoms with E-state index in [0.29, 0.717) is 33.8 Å². The number of rotatable bonds is 7. The van der Waals surface area contributed by atoms with Crippen molar-refractivity contribution in [2.45, 2.75) is 26.8 Å². The Kier molecular flexibility index (Phi) is 8.01. The lowest BCUT2D eigenvalue weighted by atomic mass is 10.0. The summed E-state index contributed by atoms with van der Waals surface area (Å²) >= 11 is 3.54. The quantitative estimate of drug-likeness (QED) is 0.187. The monoisotopic (exact) mass is 648 g/mol. The minimum absolute atomic E-state index is 0.0428. The molecule has 6 rings (SSSR count). The van der Waals surface area contributed by atoms with Crippen LogP contribution >= 0.6 is 15.9 Å². The highest BCUT2D eigenvalue weighted by molar-refractivity contribution is 9.10. The van der Waals surface area contributed by atoms with Crippen molar-refractivity contribution in [1.82, 2.24) is 14.5 Å². The maximum atomic E-state index is 14.1. The summed E-state index contributed by atoms with van der Waals surface area (Å²) in [6, 6.07) is 25.7. The molecular formula is C36H30BrFN4O2. The smallest absolute Gasteiger partial charge is 0.256 e. The van der Waals surface area contributed by atoms with Gasteiger partial charge in [0.15, 0.2) is 0 Å². The third kappa shape index (κ3) is 5.85. The predicted octanol–water partition coefficient (Wildman–Crippen LogP) is 9.47. The average Bonchev–Trinajstić information content (AvgIpc) is 3.39. The van der Waals surface area contributed by atoms with E-state index in [9.17, 15) is 9.18 Å². The van der Waals surface area contributed by atoms with E-state index in [1.165, 1.54) is 12.1 Å². The number of aryl methyl sites for hydroxylation is 1. The van der Waals surface area contributed by atoms with E-state index in [0.717, 1.165) is 37.8 Å². The molecule has 1 N–H and O–H groups in total. The number of aromatic nitrogens is 3. The molecule has 6 nitrogen and oxygen atoms in total. The number of carbonyl (C=O) groups is 1. The first kappa shape index (κ1) is 29.3. The average molecular weight is 650 g/mol.